The molecule has 0 radical (unpaired) electrons. The average Bonchev–Trinajstić information content (AvgIpc) is 3.44. The maximum absolute atomic E-state index is 13.2. The Morgan fingerprint density at radius 2 is 1.71 bits per heavy atom. The topological polar surface area (TPSA) is 61.8 Å². The van der Waals surface area contributed by atoms with Gasteiger partial charge in [0.05, 0.1) is 12.0 Å². The molecular formula is C22H20N4O2. The number of nitrogens with zero attached hydrogens (tertiary/aromatic N) is 4. The summed E-state index contributed by atoms with van der Waals surface area (Å²) in [6.45, 7) is 2.53. The Morgan fingerprint density at radius 1 is 1.00 bits per heavy atom. The largest absolute Gasteiger partial charge is 0.337 e. The number of aromatic nitrogens is 4. The van der Waals surface area contributed by atoms with Crippen molar-refractivity contribution in [2.24, 2.45) is 0 Å². The number of hydrogen-bond acceptors (Lipinski definition) is 3. The number of fused-ring (bicyclic) bond motifs is 1. The molecule has 6 heteroatoms. The molecule has 1 fully saturated rings. The quantitative estimate of drug-likeness (QED) is 0.553. The fourth-order valence-corrected chi connectivity index (χ4v) is 3.63. The Balaban J connectivity index is 1.79. The van der Waals surface area contributed by atoms with Gasteiger partial charge in [-0.2, -0.15) is 0 Å². The van der Waals surface area contributed by atoms with Crippen LogP contribution >= 0.6 is 0 Å². The van der Waals surface area contributed by atoms with Crippen LogP contribution < -0.4 is 11.2 Å². The van der Waals surface area contributed by atoms with E-state index in [1.54, 1.807) is 10.9 Å². The third-order valence-electron chi connectivity index (χ3n) is 5.25. The van der Waals surface area contributed by atoms with Crippen molar-refractivity contribution < 1.29 is 0 Å². The Kier molecular flexibility index (Phi) is 3.79. The summed E-state index contributed by atoms with van der Waals surface area (Å²) in [5, 5.41) is 0. The van der Waals surface area contributed by atoms with Crippen molar-refractivity contribution in [2.75, 3.05) is 0 Å². The van der Waals surface area contributed by atoms with Gasteiger partial charge in [-0.05, 0) is 37.5 Å². The maximum atomic E-state index is 13.2. The molecule has 0 atom stereocenters. The van der Waals surface area contributed by atoms with Gasteiger partial charge >= 0.3 is 5.69 Å². The molecular weight excluding hydrogens is 352 g/mol. The van der Waals surface area contributed by atoms with Gasteiger partial charge in [-0.25, -0.2) is 14.3 Å². The van der Waals surface area contributed by atoms with Crippen LogP contribution in [0.15, 0.2) is 70.5 Å². The van der Waals surface area contributed by atoms with Crippen molar-refractivity contribution in [3.05, 3.63) is 92.9 Å². The molecule has 0 unspecified atom stereocenters. The van der Waals surface area contributed by atoms with Crippen molar-refractivity contribution in [2.45, 2.75) is 32.4 Å². The van der Waals surface area contributed by atoms with Gasteiger partial charge in [0.2, 0.25) is 0 Å². The van der Waals surface area contributed by atoms with Crippen molar-refractivity contribution in [3.63, 3.8) is 0 Å². The first-order valence-corrected chi connectivity index (χ1v) is 9.47. The van der Waals surface area contributed by atoms with Gasteiger partial charge in [-0.3, -0.25) is 9.36 Å². The summed E-state index contributed by atoms with van der Waals surface area (Å²) in [6.07, 6.45) is 3.38. The summed E-state index contributed by atoms with van der Waals surface area (Å²) >= 11 is 0. The molecule has 0 spiro atoms. The van der Waals surface area contributed by atoms with E-state index in [1.165, 1.54) is 4.57 Å². The second-order valence-corrected chi connectivity index (χ2v) is 7.39. The highest BCUT2D eigenvalue weighted by Gasteiger charge is 2.30. The summed E-state index contributed by atoms with van der Waals surface area (Å²) in [7, 11) is 0. The molecule has 1 saturated carbocycles. The summed E-state index contributed by atoms with van der Waals surface area (Å²) in [5.74, 6) is 0. The minimum atomic E-state index is -0.311. The lowest BCUT2D eigenvalue weighted by atomic mass is 10.2. The first-order valence-electron chi connectivity index (χ1n) is 9.47. The molecule has 0 aliphatic heterocycles. The van der Waals surface area contributed by atoms with Crippen LogP contribution in [0.4, 0.5) is 0 Å². The summed E-state index contributed by atoms with van der Waals surface area (Å²) in [4.78, 5) is 30.9. The van der Waals surface area contributed by atoms with Gasteiger partial charge in [0, 0.05) is 12.6 Å². The highest BCUT2D eigenvalue weighted by molar-refractivity contribution is 5.72. The van der Waals surface area contributed by atoms with Crippen LogP contribution in [0.1, 0.15) is 30.0 Å². The van der Waals surface area contributed by atoms with Crippen LogP contribution in [0.2, 0.25) is 0 Å². The van der Waals surface area contributed by atoms with Crippen molar-refractivity contribution in [1.82, 2.24) is 18.7 Å². The molecule has 0 N–H and O–H groups in total. The fraction of sp³-hybridized carbons (Fsp3) is 0.227. The van der Waals surface area contributed by atoms with Crippen LogP contribution in [0.5, 0.6) is 0 Å². The van der Waals surface area contributed by atoms with Gasteiger partial charge < -0.3 is 4.57 Å². The van der Waals surface area contributed by atoms with Crippen LogP contribution in [-0.4, -0.2) is 18.7 Å². The Bertz CT molecular complexity index is 1280. The fourth-order valence-electron chi connectivity index (χ4n) is 3.63. The molecule has 1 aliphatic carbocycles. The van der Waals surface area contributed by atoms with Gasteiger partial charge in [0.1, 0.15) is 0 Å². The van der Waals surface area contributed by atoms with Gasteiger partial charge in [-0.15, -0.1) is 0 Å². The molecule has 0 amide bonds. The zero-order chi connectivity index (χ0) is 19.3. The zero-order valence-corrected chi connectivity index (χ0v) is 15.6. The maximum Gasteiger partial charge on any atom is 0.337 e. The molecule has 2 aromatic heterocycles. The Hall–Kier alpha value is -3.41. The summed E-state index contributed by atoms with van der Waals surface area (Å²) in [5.41, 5.74) is 3.22. The van der Waals surface area contributed by atoms with E-state index in [2.05, 4.69) is 4.98 Å². The number of benzene rings is 2. The minimum Gasteiger partial charge on any atom is -0.320 e. The highest BCUT2D eigenvalue weighted by Crippen LogP contribution is 2.32. The van der Waals surface area contributed by atoms with Crippen LogP contribution in [0.3, 0.4) is 0 Å². The van der Waals surface area contributed by atoms with Crippen LogP contribution in [0, 0.1) is 6.92 Å². The molecule has 1 aliphatic rings. The molecule has 0 bridgehead atoms. The van der Waals surface area contributed by atoms with Crippen LogP contribution in [-0.2, 0) is 6.54 Å². The predicted molar refractivity (Wildman–Crippen MR) is 108 cm³/mol. The molecule has 4 aromatic rings. The van der Waals surface area contributed by atoms with E-state index < -0.39 is 0 Å². The summed E-state index contributed by atoms with van der Waals surface area (Å²) < 4.78 is 4.82. The monoisotopic (exact) mass is 372 g/mol. The summed E-state index contributed by atoms with van der Waals surface area (Å²) in [6, 6.07) is 17.6. The molecule has 2 aromatic carbocycles. The standard InChI is InChI=1S/C22H20N4O2/c1-15-7-9-17(10-8-15)25-20-19(21(27)26(22(25)28)18-11-12-18)24(14-23-20)13-16-5-3-2-4-6-16/h2-10,14,18H,11-13H2,1H3. The first kappa shape index (κ1) is 16.7. The van der Waals surface area contributed by atoms with Gasteiger partial charge in [0.25, 0.3) is 5.56 Å². The molecule has 28 heavy (non-hydrogen) atoms. The van der Waals surface area contributed by atoms with Crippen molar-refractivity contribution in [3.8, 4) is 5.69 Å². The number of rotatable bonds is 4. The van der Waals surface area contributed by atoms with E-state index in [4.69, 9.17) is 0 Å². The average molecular weight is 372 g/mol. The first-order chi connectivity index (χ1) is 13.6. The lowest BCUT2D eigenvalue weighted by molar-refractivity contribution is 0.639. The van der Waals surface area contributed by atoms with Gasteiger partial charge in [-0.1, -0.05) is 48.0 Å². The van der Waals surface area contributed by atoms with Crippen LogP contribution in [0.25, 0.3) is 16.9 Å². The second-order valence-electron chi connectivity index (χ2n) is 7.39. The lowest BCUT2D eigenvalue weighted by Gasteiger charge is -2.12. The molecule has 140 valence electrons. The smallest absolute Gasteiger partial charge is 0.320 e. The number of aryl methyl sites for hydroxylation is 1. The van der Waals surface area contributed by atoms with E-state index in [0.717, 1.165) is 29.7 Å². The van der Waals surface area contributed by atoms with E-state index in [1.807, 2.05) is 66.1 Å². The Morgan fingerprint density at radius 3 is 2.39 bits per heavy atom. The number of imidazole rings is 1. The zero-order valence-electron chi connectivity index (χ0n) is 15.6. The van der Waals surface area contributed by atoms with E-state index in [-0.39, 0.29) is 17.3 Å². The lowest BCUT2D eigenvalue weighted by Crippen LogP contribution is -2.39. The van der Waals surface area contributed by atoms with Crippen molar-refractivity contribution in [1.29, 1.82) is 0 Å². The van der Waals surface area contributed by atoms with Gasteiger partial charge in [0.15, 0.2) is 11.2 Å². The second kappa shape index (κ2) is 6.34. The molecule has 2 heterocycles. The SMILES string of the molecule is Cc1ccc(-n2c(=O)n(C3CC3)c(=O)c3c2ncn3Cc2ccccc2)cc1. The number of hydrogen-bond donors (Lipinski definition) is 0. The van der Waals surface area contributed by atoms with Crippen molar-refractivity contribution >= 4 is 11.2 Å². The molecule has 5 rings (SSSR count). The Labute approximate surface area is 161 Å². The molecule has 0 saturated heterocycles. The third-order valence-corrected chi connectivity index (χ3v) is 5.25. The molecule has 6 nitrogen and oxygen atoms in total. The van der Waals surface area contributed by atoms with E-state index in [0.29, 0.717) is 17.7 Å². The minimum absolute atomic E-state index is 0.0128. The third kappa shape index (κ3) is 2.69. The van der Waals surface area contributed by atoms with E-state index in [9.17, 15) is 9.59 Å². The highest BCUT2D eigenvalue weighted by atomic mass is 16.2. The predicted octanol–water partition coefficient (Wildman–Crippen LogP) is 3.04. The van der Waals surface area contributed by atoms with E-state index >= 15 is 0 Å². The normalized spacial score (nSPS) is 13.9.